The first-order valence-corrected chi connectivity index (χ1v) is 6.00. The first-order valence-electron chi connectivity index (χ1n) is 4.64. The molecule has 4 heteroatoms. The zero-order valence-corrected chi connectivity index (χ0v) is 9.57. The molecule has 1 fully saturated rings. The Kier molecular flexibility index (Phi) is 3.34. The lowest BCUT2D eigenvalue weighted by Crippen LogP contribution is -2.06. The minimum absolute atomic E-state index is 0.0172. The molecule has 1 aromatic carbocycles. The van der Waals surface area contributed by atoms with Gasteiger partial charge < -0.3 is 5.32 Å². The van der Waals surface area contributed by atoms with E-state index < -0.39 is 0 Å². The Morgan fingerprint density at radius 2 is 2.13 bits per heavy atom. The molecule has 0 spiro atoms. The number of allylic oxidation sites excluding steroid dienone is 1. The van der Waals surface area contributed by atoms with E-state index in [2.05, 4.69) is 5.32 Å². The number of rotatable bonds is 2. The van der Waals surface area contributed by atoms with Gasteiger partial charge in [-0.05, 0) is 24.3 Å². The highest BCUT2D eigenvalue weighted by Gasteiger charge is 2.09. The topological polar surface area (TPSA) is 29.1 Å². The normalized spacial score (nSPS) is 17.8. The second kappa shape index (κ2) is 4.73. The van der Waals surface area contributed by atoms with E-state index in [1.54, 1.807) is 42.1 Å². The number of hydrogen-bond acceptors (Lipinski definition) is 3. The lowest BCUT2D eigenvalue weighted by atomic mass is 10.1. The molecule has 0 radical (unpaired) electrons. The summed E-state index contributed by atoms with van der Waals surface area (Å²) in [5, 5.41) is 4.75. The molecule has 0 bridgehead atoms. The number of nitrogens with one attached hydrogen (secondary N) is 1. The largest absolute Gasteiger partial charge is 0.379 e. The Hall–Kier alpha value is -0.930. The molecule has 78 valence electrons. The number of carbonyl (C=O) groups excluding carboxylic acids is 1. The van der Waals surface area contributed by atoms with E-state index in [1.165, 1.54) is 0 Å². The highest BCUT2D eigenvalue weighted by Crippen LogP contribution is 2.18. The number of thioether (sulfide) groups is 1. The first kappa shape index (κ1) is 10.6. The van der Waals surface area contributed by atoms with Crippen LogP contribution in [0.1, 0.15) is 10.4 Å². The predicted octanol–water partition coefficient (Wildman–Crippen LogP) is 2.70. The van der Waals surface area contributed by atoms with Crippen molar-refractivity contribution in [3.63, 3.8) is 0 Å². The molecule has 1 saturated heterocycles. The van der Waals surface area contributed by atoms with Crippen LogP contribution in [-0.2, 0) is 0 Å². The Bertz CT molecular complexity index is 392. The van der Waals surface area contributed by atoms with Crippen LogP contribution in [0.25, 0.3) is 0 Å². The highest BCUT2D eigenvalue weighted by molar-refractivity contribution is 8.03. The molecule has 1 aliphatic rings. The molecule has 2 rings (SSSR count). The van der Waals surface area contributed by atoms with E-state index in [9.17, 15) is 4.79 Å². The van der Waals surface area contributed by atoms with Crippen molar-refractivity contribution < 1.29 is 4.79 Å². The summed E-state index contributed by atoms with van der Waals surface area (Å²) in [7, 11) is 0. The van der Waals surface area contributed by atoms with Crippen LogP contribution in [0.4, 0.5) is 0 Å². The molecule has 0 atom stereocenters. The van der Waals surface area contributed by atoms with Crippen molar-refractivity contribution >= 4 is 29.1 Å². The Balaban J connectivity index is 2.14. The van der Waals surface area contributed by atoms with E-state index in [4.69, 9.17) is 11.6 Å². The Morgan fingerprint density at radius 3 is 2.73 bits per heavy atom. The van der Waals surface area contributed by atoms with Crippen molar-refractivity contribution in [3.05, 3.63) is 46.0 Å². The number of hydrogen-bond donors (Lipinski definition) is 1. The number of halogens is 1. The second-order valence-corrected chi connectivity index (χ2v) is 4.73. The quantitative estimate of drug-likeness (QED) is 0.636. The van der Waals surface area contributed by atoms with E-state index in [0.29, 0.717) is 10.6 Å². The van der Waals surface area contributed by atoms with Crippen molar-refractivity contribution in [1.82, 2.24) is 5.32 Å². The van der Waals surface area contributed by atoms with Gasteiger partial charge in [0.25, 0.3) is 0 Å². The van der Waals surface area contributed by atoms with Gasteiger partial charge in [0, 0.05) is 29.0 Å². The third-order valence-corrected chi connectivity index (χ3v) is 3.28. The fourth-order valence-corrected chi connectivity index (χ4v) is 2.24. The van der Waals surface area contributed by atoms with Gasteiger partial charge in [0.1, 0.15) is 0 Å². The number of benzene rings is 1. The van der Waals surface area contributed by atoms with Gasteiger partial charge in [-0.25, -0.2) is 0 Å². The summed E-state index contributed by atoms with van der Waals surface area (Å²) in [6.07, 6.45) is 1.64. The van der Waals surface area contributed by atoms with Crippen LogP contribution in [0.5, 0.6) is 0 Å². The molecule has 0 amide bonds. The molecule has 0 aliphatic carbocycles. The van der Waals surface area contributed by atoms with Crippen LogP contribution >= 0.6 is 23.4 Å². The maximum Gasteiger partial charge on any atom is 0.188 e. The van der Waals surface area contributed by atoms with Gasteiger partial charge in [0.15, 0.2) is 5.78 Å². The van der Waals surface area contributed by atoms with Crippen LogP contribution in [-0.4, -0.2) is 18.1 Å². The maximum atomic E-state index is 11.7. The molecule has 1 N–H and O–H groups in total. The van der Waals surface area contributed by atoms with Crippen molar-refractivity contribution in [2.75, 3.05) is 12.3 Å². The number of ketones is 1. The zero-order chi connectivity index (χ0) is 10.7. The molecule has 0 unspecified atom stereocenters. The van der Waals surface area contributed by atoms with Gasteiger partial charge in [0.05, 0.1) is 5.03 Å². The molecule has 1 heterocycles. The lowest BCUT2D eigenvalue weighted by Gasteiger charge is -1.98. The van der Waals surface area contributed by atoms with Crippen molar-refractivity contribution in [3.8, 4) is 0 Å². The summed E-state index contributed by atoms with van der Waals surface area (Å²) in [6.45, 7) is 0.935. The van der Waals surface area contributed by atoms with Gasteiger partial charge in [-0.15, -0.1) is 11.8 Å². The summed E-state index contributed by atoms with van der Waals surface area (Å²) in [4.78, 5) is 11.7. The van der Waals surface area contributed by atoms with Crippen molar-refractivity contribution in [2.24, 2.45) is 0 Å². The van der Waals surface area contributed by atoms with Crippen LogP contribution in [0.2, 0.25) is 5.02 Å². The first-order chi connectivity index (χ1) is 7.25. The maximum absolute atomic E-state index is 11.7. The van der Waals surface area contributed by atoms with Crippen LogP contribution in [0.3, 0.4) is 0 Å². The van der Waals surface area contributed by atoms with Crippen LogP contribution in [0.15, 0.2) is 35.4 Å². The third kappa shape index (κ3) is 2.76. The fourth-order valence-electron chi connectivity index (χ4n) is 1.30. The summed E-state index contributed by atoms with van der Waals surface area (Å²) < 4.78 is 0. The van der Waals surface area contributed by atoms with E-state index in [-0.39, 0.29) is 5.78 Å². The van der Waals surface area contributed by atoms with Crippen molar-refractivity contribution in [2.45, 2.75) is 0 Å². The van der Waals surface area contributed by atoms with Gasteiger partial charge in [-0.1, -0.05) is 11.6 Å². The van der Waals surface area contributed by atoms with Gasteiger partial charge in [-0.3, -0.25) is 4.79 Å². The lowest BCUT2D eigenvalue weighted by molar-refractivity contribution is 0.104. The summed E-state index contributed by atoms with van der Waals surface area (Å²) in [6, 6.07) is 6.92. The predicted molar refractivity (Wildman–Crippen MR) is 64.3 cm³/mol. The van der Waals surface area contributed by atoms with E-state index >= 15 is 0 Å². The average molecular weight is 240 g/mol. The van der Waals surface area contributed by atoms with Crippen LogP contribution < -0.4 is 5.32 Å². The summed E-state index contributed by atoms with van der Waals surface area (Å²) in [5.74, 6) is 1.04. The summed E-state index contributed by atoms with van der Waals surface area (Å²) in [5.41, 5.74) is 0.668. The molecule has 0 aromatic heterocycles. The molecule has 0 saturated carbocycles. The van der Waals surface area contributed by atoms with Gasteiger partial charge >= 0.3 is 0 Å². The van der Waals surface area contributed by atoms with Gasteiger partial charge in [-0.2, -0.15) is 0 Å². The smallest absolute Gasteiger partial charge is 0.188 e. The minimum Gasteiger partial charge on any atom is -0.379 e. The van der Waals surface area contributed by atoms with E-state index in [1.807, 2.05) is 0 Å². The zero-order valence-electron chi connectivity index (χ0n) is 8.00. The molecule has 1 aliphatic heterocycles. The highest BCUT2D eigenvalue weighted by atomic mass is 35.5. The minimum atomic E-state index is 0.0172. The number of carbonyl (C=O) groups is 1. The Labute approximate surface area is 97.7 Å². The molecule has 15 heavy (non-hydrogen) atoms. The molecular formula is C11H10ClNOS. The SMILES string of the molecule is O=C(C=C1NCCS1)c1ccc(Cl)cc1. The van der Waals surface area contributed by atoms with E-state index in [0.717, 1.165) is 17.3 Å². The average Bonchev–Trinajstić information content (AvgIpc) is 2.71. The van der Waals surface area contributed by atoms with Gasteiger partial charge in [0.2, 0.25) is 0 Å². The second-order valence-electron chi connectivity index (χ2n) is 3.15. The van der Waals surface area contributed by atoms with Crippen molar-refractivity contribution in [1.29, 1.82) is 0 Å². The molecule has 2 nitrogen and oxygen atoms in total. The fraction of sp³-hybridized carbons (Fsp3) is 0.182. The standard InChI is InChI=1S/C11H10ClNOS/c12-9-3-1-8(2-4-9)10(14)7-11-13-5-6-15-11/h1-4,7,13H,5-6H2. The third-order valence-electron chi connectivity index (χ3n) is 2.05. The van der Waals surface area contributed by atoms with Crippen LogP contribution in [0, 0.1) is 0 Å². The molecular weight excluding hydrogens is 230 g/mol. The molecule has 1 aromatic rings. The monoisotopic (exact) mass is 239 g/mol. The summed E-state index contributed by atoms with van der Waals surface area (Å²) >= 11 is 7.42. The Morgan fingerprint density at radius 1 is 1.40 bits per heavy atom.